The van der Waals surface area contributed by atoms with E-state index in [4.69, 9.17) is 11.6 Å². The molecule has 1 unspecified atom stereocenters. The fraction of sp³-hybridized carbons (Fsp3) is 0.348. The first-order chi connectivity index (χ1) is 14.4. The Morgan fingerprint density at radius 2 is 1.70 bits per heavy atom. The highest BCUT2D eigenvalue weighted by Crippen LogP contribution is 2.09. The number of rotatable bonds is 10. The molecule has 7 heteroatoms. The van der Waals surface area contributed by atoms with Gasteiger partial charge in [0.15, 0.2) is 0 Å². The van der Waals surface area contributed by atoms with E-state index in [-0.39, 0.29) is 23.8 Å². The molecule has 2 aromatic carbocycles. The minimum absolute atomic E-state index is 0.106. The number of nitrogens with one attached hydrogen (secondary N) is 3. The van der Waals surface area contributed by atoms with Gasteiger partial charge in [0.05, 0.1) is 0 Å². The topological polar surface area (TPSA) is 87.3 Å². The maximum Gasteiger partial charge on any atom is 0.251 e. The molecule has 6 nitrogen and oxygen atoms in total. The SMILES string of the molecule is CCC(C)NC(=O)c1cccc(CNC(=O)CCCNC(=O)c2ccc(Cl)cc2)c1. The predicted molar refractivity (Wildman–Crippen MR) is 119 cm³/mol. The molecule has 0 saturated carbocycles. The molecule has 0 fully saturated rings. The van der Waals surface area contributed by atoms with Crippen LogP contribution in [0.3, 0.4) is 0 Å². The summed E-state index contributed by atoms with van der Waals surface area (Å²) in [6.45, 7) is 4.72. The van der Waals surface area contributed by atoms with Crippen LogP contribution in [0.1, 0.15) is 59.4 Å². The number of amides is 3. The summed E-state index contributed by atoms with van der Waals surface area (Å²) in [4.78, 5) is 36.3. The average Bonchev–Trinajstić information content (AvgIpc) is 2.75. The molecule has 0 bridgehead atoms. The predicted octanol–water partition coefficient (Wildman–Crippen LogP) is 3.69. The number of hydrogen-bond acceptors (Lipinski definition) is 3. The van der Waals surface area contributed by atoms with Gasteiger partial charge in [0, 0.05) is 41.7 Å². The Morgan fingerprint density at radius 3 is 2.40 bits per heavy atom. The van der Waals surface area contributed by atoms with Gasteiger partial charge in [-0.3, -0.25) is 14.4 Å². The molecule has 2 rings (SSSR count). The van der Waals surface area contributed by atoms with Gasteiger partial charge in [-0.2, -0.15) is 0 Å². The highest BCUT2D eigenvalue weighted by Gasteiger charge is 2.10. The smallest absolute Gasteiger partial charge is 0.251 e. The Bertz CT molecular complexity index is 868. The lowest BCUT2D eigenvalue weighted by Crippen LogP contribution is -2.32. The molecule has 0 saturated heterocycles. The second-order valence-corrected chi connectivity index (χ2v) is 7.56. The third kappa shape index (κ3) is 7.87. The first kappa shape index (κ1) is 23.4. The van der Waals surface area contributed by atoms with Crippen molar-refractivity contribution in [2.75, 3.05) is 6.54 Å². The zero-order chi connectivity index (χ0) is 21.9. The summed E-state index contributed by atoms with van der Waals surface area (Å²) in [5.74, 6) is -0.418. The normalized spacial score (nSPS) is 11.4. The van der Waals surface area contributed by atoms with Crippen LogP contribution in [0.2, 0.25) is 5.02 Å². The molecule has 30 heavy (non-hydrogen) atoms. The summed E-state index contributed by atoms with van der Waals surface area (Å²) < 4.78 is 0. The van der Waals surface area contributed by atoms with E-state index < -0.39 is 0 Å². The van der Waals surface area contributed by atoms with Crippen molar-refractivity contribution in [2.24, 2.45) is 0 Å². The molecule has 0 aliphatic heterocycles. The van der Waals surface area contributed by atoms with Gasteiger partial charge >= 0.3 is 0 Å². The molecular formula is C23H28ClN3O3. The fourth-order valence-electron chi connectivity index (χ4n) is 2.67. The summed E-state index contributed by atoms with van der Waals surface area (Å²) in [7, 11) is 0. The van der Waals surface area contributed by atoms with Crippen LogP contribution in [0.5, 0.6) is 0 Å². The van der Waals surface area contributed by atoms with E-state index in [1.54, 1.807) is 42.5 Å². The largest absolute Gasteiger partial charge is 0.352 e. The molecular weight excluding hydrogens is 402 g/mol. The molecule has 1 atom stereocenters. The minimum Gasteiger partial charge on any atom is -0.352 e. The van der Waals surface area contributed by atoms with Gasteiger partial charge in [-0.1, -0.05) is 30.7 Å². The first-order valence-corrected chi connectivity index (χ1v) is 10.5. The molecule has 3 N–H and O–H groups in total. The van der Waals surface area contributed by atoms with Crippen LogP contribution in [0.15, 0.2) is 48.5 Å². The molecule has 0 radical (unpaired) electrons. The van der Waals surface area contributed by atoms with Gasteiger partial charge in [-0.25, -0.2) is 0 Å². The summed E-state index contributed by atoms with van der Waals surface area (Å²) in [6.07, 6.45) is 1.69. The van der Waals surface area contributed by atoms with E-state index in [9.17, 15) is 14.4 Å². The molecule has 2 aromatic rings. The molecule has 160 valence electrons. The molecule has 3 amide bonds. The molecule has 0 heterocycles. The summed E-state index contributed by atoms with van der Waals surface area (Å²) in [5, 5.41) is 9.13. The van der Waals surface area contributed by atoms with E-state index in [0.717, 1.165) is 12.0 Å². The minimum atomic E-state index is -0.195. The van der Waals surface area contributed by atoms with Gasteiger partial charge in [0.25, 0.3) is 11.8 Å². The van der Waals surface area contributed by atoms with E-state index >= 15 is 0 Å². The van der Waals surface area contributed by atoms with Crippen LogP contribution >= 0.6 is 11.6 Å². The number of carbonyl (C=O) groups is 3. The van der Waals surface area contributed by atoms with Crippen LogP contribution in [0, 0.1) is 0 Å². The summed E-state index contributed by atoms with van der Waals surface area (Å²) in [6, 6.07) is 14.0. The van der Waals surface area contributed by atoms with Crippen molar-refractivity contribution in [2.45, 2.75) is 45.7 Å². The number of carbonyl (C=O) groups excluding carboxylic acids is 3. The lowest BCUT2D eigenvalue weighted by molar-refractivity contribution is -0.121. The van der Waals surface area contributed by atoms with Crippen molar-refractivity contribution in [3.05, 3.63) is 70.2 Å². The first-order valence-electron chi connectivity index (χ1n) is 10.1. The number of halogens is 1. The van der Waals surface area contributed by atoms with Crippen molar-refractivity contribution >= 4 is 29.3 Å². The monoisotopic (exact) mass is 429 g/mol. The third-order valence-electron chi connectivity index (χ3n) is 4.64. The van der Waals surface area contributed by atoms with Crippen LogP contribution in [0.4, 0.5) is 0 Å². The van der Waals surface area contributed by atoms with Crippen LogP contribution in [0.25, 0.3) is 0 Å². The van der Waals surface area contributed by atoms with Gasteiger partial charge < -0.3 is 16.0 Å². The van der Waals surface area contributed by atoms with Crippen LogP contribution in [-0.4, -0.2) is 30.3 Å². The standard InChI is InChI=1S/C23H28ClN3O3/c1-3-16(2)27-23(30)19-7-4-6-17(14-19)15-26-21(28)8-5-13-25-22(29)18-9-11-20(24)12-10-18/h4,6-7,9-12,14,16H,3,5,8,13,15H2,1-2H3,(H,25,29)(H,26,28)(H,27,30). The zero-order valence-electron chi connectivity index (χ0n) is 17.3. The lowest BCUT2D eigenvalue weighted by atomic mass is 10.1. The van der Waals surface area contributed by atoms with E-state index in [0.29, 0.717) is 42.1 Å². The quantitative estimate of drug-likeness (QED) is 0.503. The van der Waals surface area contributed by atoms with Crippen LogP contribution in [-0.2, 0) is 11.3 Å². The Morgan fingerprint density at radius 1 is 0.967 bits per heavy atom. The summed E-state index contributed by atoms with van der Waals surface area (Å²) in [5.41, 5.74) is 1.96. The van der Waals surface area contributed by atoms with E-state index in [1.165, 1.54) is 0 Å². The number of benzene rings is 2. The van der Waals surface area contributed by atoms with Gasteiger partial charge in [0.2, 0.25) is 5.91 Å². The Kier molecular flexibility index (Phi) is 9.35. The highest BCUT2D eigenvalue weighted by atomic mass is 35.5. The Hall–Kier alpha value is -2.86. The highest BCUT2D eigenvalue weighted by molar-refractivity contribution is 6.30. The Balaban J connectivity index is 1.70. The fourth-order valence-corrected chi connectivity index (χ4v) is 2.80. The maximum atomic E-state index is 12.2. The van der Waals surface area contributed by atoms with Crippen molar-refractivity contribution in [1.82, 2.24) is 16.0 Å². The van der Waals surface area contributed by atoms with Gasteiger partial charge in [0.1, 0.15) is 0 Å². The molecule has 0 aliphatic rings. The van der Waals surface area contributed by atoms with Crippen molar-refractivity contribution in [1.29, 1.82) is 0 Å². The lowest BCUT2D eigenvalue weighted by Gasteiger charge is -2.12. The second kappa shape index (κ2) is 12.0. The van der Waals surface area contributed by atoms with E-state index in [2.05, 4.69) is 16.0 Å². The third-order valence-corrected chi connectivity index (χ3v) is 4.89. The summed E-state index contributed by atoms with van der Waals surface area (Å²) >= 11 is 5.81. The zero-order valence-corrected chi connectivity index (χ0v) is 18.1. The van der Waals surface area contributed by atoms with Crippen molar-refractivity contribution in [3.63, 3.8) is 0 Å². The maximum absolute atomic E-state index is 12.2. The molecule has 0 aliphatic carbocycles. The van der Waals surface area contributed by atoms with E-state index in [1.807, 2.05) is 19.9 Å². The second-order valence-electron chi connectivity index (χ2n) is 7.13. The Labute approximate surface area is 182 Å². The number of hydrogen-bond donors (Lipinski definition) is 3. The van der Waals surface area contributed by atoms with Gasteiger partial charge in [-0.15, -0.1) is 0 Å². The van der Waals surface area contributed by atoms with Gasteiger partial charge in [-0.05, 0) is 61.7 Å². The van der Waals surface area contributed by atoms with Crippen LogP contribution < -0.4 is 16.0 Å². The van der Waals surface area contributed by atoms with Crippen molar-refractivity contribution < 1.29 is 14.4 Å². The molecule has 0 aromatic heterocycles. The average molecular weight is 430 g/mol. The van der Waals surface area contributed by atoms with Crippen molar-refractivity contribution in [3.8, 4) is 0 Å². The molecule has 0 spiro atoms.